The standard InChI is InChI=1S/C27H25NO4.ClH/c28-22-15-14-19-16-23(31-26(29)17-8-3-1-4-9-17)25(21-13-7-12-20(22)24(19)21)32-27(30)18-10-5-2-6-11-18;/h1-6,8-11,16,20,22H,7,12-15,28H2;1H. The zero-order valence-electron chi connectivity index (χ0n) is 18.2. The molecular weight excluding hydrogens is 438 g/mol. The number of carbonyl (C=O) groups excluding carboxylic acids is 2. The number of esters is 2. The molecule has 2 aliphatic carbocycles. The number of rotatable bonds is 4. The molecule has 3 aromatic rings. The molecule has 0 radical (unpaired) electrons. The van der Waals surface area contributed by atoms with Crippen LogP contribution in [0.1, 0.15) is 62.6 Å². The Hall–Kier alpha value is -3.15. The van der Waals surface area contributed by atoms with Crippen LogP contribution in [0.3, 0.4) is 0 Å². The first-order valence-corrected chi connectivity index (χ1v) is 11.1. The van der Waals surface area contributed by atoms with Gasteiger partial charge in [0.15, 0.2) is 11.5 Å². The van der Waals surface area contributed by atoms with Crippen LogP contribution >= 0.6 is 12.4 Å². The molecule has 0 spiro atoms. The van der Waals surface area contributed by atoms with E-state index in [2.05, 4.69) is 0 Å². The summed E-state index contributed by atoms with van der Waals surface area (Å²) in [7, 11) is 0. The second-order valence-electron chi connectivity index (χ2n) is 8.47. The Labute approximate surface area is 199 Å². The number of hydrogen-bond donors (Lipinski definition) is 1. The molecule has 0 amide bonds. The van der Waals surface area contributed by atoms with Gasteiger partial charge in [-0.2, -0.15) is 0 Å². The lowest BCUT2D eigenvalue weighted by atomic mass is 9.71. The lowest BCUT2D eigenvalue weighted by Gasteiger charge is -2.37. The maximum Gasteiger partial charge on any atom is 0.343 e. The van der Waals surface area contributed by atoms with E-state index in [1.807, 2.05) is 18.2 Å². The van der Waals surface area contributed by atoms with Gasteiger partial charge in [-0.15, -0.1) is 12.4 Å². The highest BCUT2D eigenvalue weighted by Crippen LogP contribution is 2.48. The topological polar surface area (TPSA) is 78.6 Å². The van der Waals surface area contributed by atoms with Crippen molar-refractivity contribution in [1.29, 1.82) is 0 Å². The third-order valence-electron chi connectivity index (χ3n) is 6.47. The van der Waals surface area contributed by atoms with Crippen LogP contribution < -0.4 is 15.2 Å². The van der Waals surface area contributed by atoms with E-state index < -0.39 is 11.9 Å². The Morgan fingerprint density at radius 3 is 2.06 bits per heavy atom. The van der Waals surface area contributed by atoms with E-state index in [4.69, 9.17) is 15.2 Å². The Bertz CT molecular complexity index is 1160. The second kappa shape index (κ2) is 9.77. The van der Waals surface area contributed by atoms with E-state index in [0.717, 1.165) is 43.2 Å². The molecule has 33 heavy (non-hydrogen) atoms. The highest BCUT2D eigenvalue weighted by molar-refractivity contribution is 5.93. The Balaban J connectivity index is 0.00000259. The van der Waals surface area contributed by atoms with Crippen LogP contribution in [0.4, 0.5) is 0 Å². The van der Waals surface area contributed by atoms with Crippen molar-refractivity contribution >= 4 is 24.3 Å². The second-order valence-corrected chi connectivity index (χ2v) is 8.47. The van der Waals surface area contributed by atoms with Gasteiger partial charge in [-0.05, 0) is 79.5 Å². The van der Waals surface area contributed by atoms with Crippen LogP contribution in [0.25, 0.3) is 0 Å². The van der Waals surface area contributed by atoms with Crippen molar-refractivity contribution in [3.8, 4) is 11.5 Å². The molecule has 2 aliphatic rings. The predicted molar refractivity (Wildman–Crippen MR) is 128 cm³/mol. The lowest BCUT2D eigenvalue weighted by Crippen LogP contribution is -2.36. The fraction of sp³-hybridized carbons (Fsp3) is 0.259. The van der Waals surface area contributed by atoms with Crippen LogP contribution in [0.15, 0.2) is 66.7 Å². The average Bonchev–Trinajstić information content (AvgIpc) is 2.84. The molecule has 0 heterocycles. The molecule has 5 rings (SSSR count). The first kappa shape index (κ1) is 23.0. The molecule has 2 N–H and O–H groups in total. The fourth-order valence-electron chi connectivity index (χ4n) is 4.92. The summed E-state index contributed by atoms with van der Waals surface area (Å²) >= 11 is 0. The fourth-order valence-corrected chi connectivity index (χ4v) is 4.92. The largest absolute Gasteiger partial charge is 0.419 e. The summed E-state index contributed by atoms with van der Waals surface area (Å²) in [6, 6.07) is 19.6. The lowest BCUT2D eigenvalue weighted by molar-refractivity contribution is 0.0680. The molecule has 170 valence electrons. The van der Waals surface area contributed by atoms with Gasteiger partial charge >= 0.3 is 11.9 Å². The van der Waals surface area contributed by atoms with Gasteiger partial charge < -0.3 is 15.2 Å². The minimum atomic E-state index is -0.477. The molecule has 6 heteroatoms. The number of ether oxygens (including phenoxy) is 2. The van der Waals surface area contributed by atoms with Crippen LogP contribution in [0.2, 0.25) is 0 Å². The third kappa shape index (κ3) is 4.52. The van der Waals surface area contributed by atoms with Crippen molar-refractivity contribution in [3.63, 3.8) is 0 Å². The molecule has 0 aromatic heterocycles. The minimum absolute atomic E-state index is 0. The van der Waals surface area contributed by atoms with Gasteiger partial charge in [-0.3, -0.25) is 0 Å². The summed E-state index contributed by atoms with van der Waals surface area (Å²) in [6.07, 6.45) is 4.46. The smallest absolute Gasteiger partial charge is 0.343 e. The van der Waals surface area contributed by atoms with E-state index in [-0.39, 0.29) is 24.4 Å². The van der Waals surface area contributed by atoms with Gasteiger partial charge in [-0.25, -0.2) is 9.59 Å². The first-order chi connectivity index (χ1) is 15.6. The Morgan fingerprint density at radius 1 is 0.818 bits per heavy atom. The summed E-state index contributed by atoms with van der Waals surface area (Å²) in [4.78, 5) is 25.8. The molecule has 5 nitrogen and oxygen atoms in total. The van der Waals surface area contributed by atoms with E-state index in [9.17, 15) is 9.59 Å². The monoisotopic (exact) mass is 463 g/mol. The van der Waals surface area contributed by atoms with Crippen LogP contribution in [0.5, 0.6) is 11.5 Å². The van der Waals surface area contributed by atoms with Crippen molar-refractivity contribution in [2.24, 2.45) is 5.73 Å². The summed E-state index contributed by atoms with van der Waals surface area (Å²) < 4.78 is 11.7. The first-order valence-electron chi connectivity index (χ1n) is 11.1. The van der Waals surface area contributed by atoms with E-state index in [1.165, 1.54) is 5.56 Å². The van der Waals surface area contributed by atoms with Crippen LogP contribution in [-0.2, 0) is 12.8 Å². The normalized spacial score (nSPS) is 18.5. The van der Waals surface area contributed by atoms with Gasteiger partial charge in [0.2, 0.25) is 0 Å². The van der Waals surface area contributed by atoms with Crippen molar-refractivity contribution in [2.75, 3.05) is 0 Å². The van der Waals surface area contributed by atoms with Crippen LogP contribution in [-0.4, -0.2) is 18.0 Å². The summed E-state index contributed by atoms with van der Waals surface area (Å²) in [5.74, 6) is -0.0556. The van der Waals surface area contributed by atoms with E-state index in [1.54, 1.807) is 48.5 Å². The number of nitrogens with two attached hydrogens (primary N) is 1. The molecule has 2 atom stereocenters. The number of halogens is 1. The summed E-state index contributed by atoms with van der Waals surface area (Å²) in [5, 5.41) is 0. The molecule has 0 saturated heterocycles. The maximum absolute atomic E-state index is 12.9. The zero-order valence-corrected chi connectivity index (χ0v) is 19.0. The summed E-state index contributed by atoms with van der Waals surface area (Å²) in [6.45, 7) is 0. The van der Waals surface area contributed by atoms with Crippen molar-refractivity contribution in [3.05, 3.63) is 94.5 Å². The highest BCUT2D eigenvalue weighted by Gasteiger charge is 2.36. The van der Waals surface area contributed by atoms with Crippen LogP contribution in [0, 0.1) is 0 Å². The van der Waals surface area contributed by atoms with Crippen molar-refractivity contribution in [2.45, 2.75) is 44.1 Å². The van der Waals surface area contributed by atoms with E-state index >= 15 is 0 Å². The molecule has 0 fully saturated rings. The Morgan fingerprint density at radius 2 is 1.42 bits per heavy atom. The molecule has 2 unspecified atom stereocenters. The average molecular weight is 464 g/mol. The summed E-state index contributed by atoms with van der Waals surface area (Å²) in [5.41, 5.74) is 10.6. The number of benzene rings is 3. The number of aryl methyl sites for hydroxylation is 1. The zero-order chi connectivity index (χ0) is 22.1. The number of hydrogen-bond acceptors (Lipinski definition) is 5. The molecule has 0 bridgehead atoms. The van der Waals surface area contributed by atoms with Gasteiger partial charge in [0.1, 0.15) is 0 Å². The number of carbonyl (C=O) groups is 2. The minimum Gasteiger partial charge on any atom is -0.419 e. The SMILES string of the molecule is Cl.NC1CCc2cc(OC(=O)c3ccccc3)c(OC(=O)c3ccccc3)c3c2C1CCC3. The molecule has 0 saturated carbocycles. The molecule has 3 aromatic carbocycles. The molecule has 0 aliphatic heterocycles. The van der Waals surface area contributed by atoms with E-state index in [0.29, 0.717) is 22.6 Å². The third-order valence-corrected chi connectivity index (χ3v) is 6.47. The quantitative estimate of drug-likeness (QED) is 0.423. The predicted octanol–water partition coefficient (Wildman–Crippen LogP) is 5.24. The van der Waals surface area contributed by atoms with Gasteiger partial charge in [-0.1, -0.05) is 36.4 Å². The van der Waals surface area contributed by atoms with Crippen molar-refractivity contribution in [1.82, 2.24) is 0 Å². The highest BCUT2D eigenvalue weighted by atomic mass is 35.5. The van der Waals surface area contributed by atoms with Crippen molar-refractivity contribution < 1.29 is 19.1 Å². The van der Waals surface area contributed by atoms with Gasteiger partial charge in [0.05, 0.1) is 11.1 Å². The van der Waals surface area contributed by atoms with Gasteiger partial charge in [0.25, 0.3) is 0 Å². The maximum atomic E-state index is 12.9. The Kier molecular flexibility index (Phi) is 6.82. The molecular formula is C27H26ClNO4. The van der Waals surface area contributed by atoms with Gasteiger partial charge in [0, 0.05) is 11.6 Å².